The van der Waals surface area contributed by atoms with Crippen LogP contribution in [0, 0.1) is 0 Å². The van der Waals surface area contributed by atoms with Gasteiger partial charge in [-0.1, -0.05) is 12.1 Å². The number of fused-ring (bicyclic) bond motifs is 1. The van der Waals surface area contributed by atoms with E-state index >= 15 is 0 Å². The van der Waals surface area contributed by atoms with Crippen molar-refractivity contribution in [3.63, 3.8) is 0 Å². The second-order valence-electron chi connectivity index (χ2n) is 6.29. The van der Waals surface area contributed by atoms with Crippen LogP contribution >= 0.6 is 11.7 Å². The SMILES string of the molecule is O=C(Cn1cnc2ccccc2c1=O)NC1CCN(c2cnsn2)CC1. The third-order valence-corrected chi connectivity index (χ3v) is 5.05. The molecule has 1 amide bonds. The molecule has 4 rings (SSSR count). The first-order chi connectivity index (χ1) is 12.7. The quantitative estimate of drug-likeness (QED) is 0.737. The normalized spacial score (nSPS) is 15.3. The molecule has 3 aromatic rings. The smallest absolute Gasteiger partial charge is 0.261 e. The lowest BCUT2D eigenvalue weighted by atomic mass is 10.1. The van der Waals surface area contributed by atoms with Crippen LogP contribution in [0.2, 0.25) is 0 Å². The second kappa shape index (κ2) is 7.20. The molecule has 0 saturated carbocycles. The van der Waals surface area contributed by atoms with Crippen LogP contribution in [-0.2, 0) is 11.3 Å². The molecule has 3 heterocycles. The molecule has 0 radical (unpaired) electrons. The van der Waals surface area contributed by atoms with Crippen molar-refractivity contribution in [2.24, 2.45) is 0 Å². The number of nitrogens with one attached hydrogen (secondary N) is 1. The van der Waals surface area contributed by atoms with E-state index in [1.165, 1.54) is 22.6 Å². The lowest BCUT2D eigenvalue weighted by molar-refractivity contribution is -0.122. The fourth-order valence-electron chi connectivity index (χ4n) is 3.20. The average molecular weight is 370 g/mol. The van der Waals surface area contributed by atoms with Crippen LogP contribution in [0.5, 0.6) is 0 Å². The molecule has 0 unspecified atom stereocenters. The Morgan fingerprint density at radius 3 is 2.85 bits per heavy atom. The van der Waals surface area contributed by atoms with Crippen molar-refractivity contribution in [1.82, 2.24) is 23.6 Å². The van der Waals surface area contributed by atoms with Crippen LogP contribution in [0.15, 0.2) is 41.6 Å². The molecule has 1 fully saturated rings. The molecule has 134 valence electrons. The van der Waals surface area contributed by atoms with Gasteiger partial charge < -0.3 is 10.2 Å². The molecule has 1 N–H and O–H groups in total. The zero-order chi connectivity index (χ0) is 17.9. The monoisotopic (exact) mass is 370 g/mol. The van der Waals surface area contributed by atoms with E-state index in [4.69, 9.17) is 0 Å². The number of carbonyl (C=O) groups excluding carboxylic acids is 1. The largest absolute Gasteiger partial charge is 0.354 e. The number of piperidine rings is 1. The number of aromatic nitrogens is 4. The number of benzene rings is 1. The number of rotatable bonds is 4. The van der Waals surface area contributed by atoms with Crippen molar-refractivity contribution in [2.75, 3.05) is 18.0 Å². The lowest BCUT2D eigenvalue weighted by Gasteiger charge is -2.32. The number of hydrogen-bond acceptors (Lipinski definition) is 7. The highest BCUT2D eigenvalue weighted by molar-refractivity contribution is 6.99. The standard InChI is InChI=1S/C17H18N6O2S/c24-16(10-23-11-18-14-4-2-1-3-13(14)17(23)25)20-12-5-7-22(8-6-12)15-9-19-26-21-15/h1-4,9,11-12H,5-8,10H2,(H,20,24). The number of carbonyl (C=O) groups is 1. The Labute approximate surface area is 153 Å². The van der Waals surface area contributed by atoms with Gasteiger partial charge in [0, 0.05) is 19.1 Å². The Kier molecular flexibility index (Phi) is 4.61. The summed E-state index contributed by atoms with van der Waals surface area (Å²) in [6.45, 7) is 1.63. The van der Waals surface area contributed by atoms with Crippen LogP contribution < -0.4 is 15.8 Å². The highest BCUT2D eigenvalue weighted by Gasteiger charge is 2.22. The van der Waals surface area contributed by atoms with E-state index < -0.39 is 0 Å². The maximum absolute atomic E-state index is 12.5. The summed E-state index contributed by atoms with van der Waals surface area (Å²) < 4.78 is 9.62. The van der Waals surface area contributed by atoms with E-state index in [-0.39, 0.29) is 24.1 Å². The fourth-order valence-corrected chi connectivity index (χ4v) is 3.63. The minimum absolute atomic E-state index is 0.0209. The van der Waals surface area contributed by atoms with Crippen molar-refractivity contribution in [2.45, 2.75) is 25.4 Å². The number of nitrogens with zero attached hydrogens (tertiary/aromatic N) is 5. The first-order valence-electron chi connectivity index (χ1n) is 8.47. The van der Waals surface area contributed by atoms with Gasteiger partial charge in [0.1, 0.15) is 6.54 Å². The zero-order valence-electron chi connectivity index (χ0n) is 14.0. The van der Waals surface area contributed by atoms with E-state index in [0.717, 1.165) is 31.7 Å². The molecule has 9 heteroatoms. The molecule has 2 aromatic heterocycles. The summed E-state index contributed by atoms with van der Waals surface area (Å²) in [5.74, 6) is 0.728. The molecule has 0 aliphatic carbocycles. The van der Waals surface area contributed by atoms with Crippen molar-refractivity contribution in [1.29, 1.82) is 0 Å². The number of hydrogen-bond donors (Lipinski definition) is 1. The topological polar surface area (TPSA) is 93.0 Å². The van der Waals surface area contributed by atoms with Gasteiger partial charge in [-0.2, -0.15) is 8.75 Å². The molecule has 0 atom stereocenters. The molecule has 8 nitrogen and oxygen atoms in total. The van der Waals surface area contributed by atoms with Gasteiger partial charge in [-0.05, 0) is 25.0 Å². The highest BCUT2D eigenvalue weighted by atomic mass is 32.1. The van der Waals surface area contributed by atoms with E-state index in [1.807, 2.05) is 6.07 Å². The molecule has 0 bridgehead atoms. The van der Waals surface area contributed by atoms with E-state index in [9.17, 15) is 9.59 Å². The third-order valence-electron chi connectivity index (χ3n) is 4.58. The Morgan fingerprint density at radius 2 is 2.08 bits per heavy atom. The molecular weight excluding hydrogens is 352 g/mol. The van der Waals surface area contributed by atoms with E-state index in [0.29, 0.717) is 10.9 Å². The van der Waals surface area contributed by atoms with Gasteiger partial charge >= 0.3 is 0 Å². The van der Waals surface area contributed by atoms with Crippen molar-refractivity contribution >= 4 is 34.4 Å². The van der Waals surface area contributed by atoms with E-state index in [1.54, 1.807) is 24.4 Å². The maximum Gasteiger partial charge on any atom is 0.261 e. The maximum atomic E-state index is 12.5. The van der Waals surface area contributed by atoms with Gasteiger partial charge in [0.15, 0.2) is 5.82 Å². The van der Waals surface area contributed by atoms with Crippen LogP contribution in [0.4, 0.5) is 5.82 Å². The third kappa shape index (κ3) is 3.43. The first-order valence-corrected chi connectivity index (χ1v) is 9.20. The Morgan fingerprint density at radius 1 is 1.27 bits per heavy atom. The molecule has 1 saturated heterocycles. The molecular formula is C17H18N6O2S. The summed E-state index contributed by atoms with van der Waals surface area (Å²) in [5.41, 5.74) is 0.440. The summed E-state index contributed by atoms with van der Waals surface area (Å²) in [7, 11) is 0. The molecule has 1 aromatic carbocycles. The van der Waals surface area contributed by atoms with Crippen molar-refractivity contribution in [3.8, 4) is 0 Å². The predicted octanol–water partition coefficient (Wildman–Crippen LogP) is 1.03. The Balaban J connectivity index is 1.36. The average Bonchev–Trinajstić information content (AvgIpc) is 3.20. The molecule has 1 aliphatic rings. The number of anilines is 1. The first kappa shape index (κ1) is 16.6. The van der Waals surface area contributed by atoms with Gasteiger partial charge in [0.25, 0.3) is 5.56 Å². The molecule has 1 aliphatic heterocycles. The lowest BCUT2D eigenvalue weighted by Crippen LogP contribution is -2.46. The van der Waals surface area contributed by atoms with Gasteiger partial charge in [0.05, 0.1) is 35.2 Å². The highest BCUT2D eigenvalue weighted by Crippen LogP contribution is 2.17. The fraction of sp³-hybridized carbons (Fsp3) is 0.353. The number of para-hydroxylation sites is 1. The Bertz CT molecular complexity index is 963. The van der Waals surface area contributed by atoms with Gasteiger partial charge in [0.2, 0.25) is 5.91 Å². The molecule has 26 heavy (non-hydrogen) atoms. The summed E-state index contributed by atoms with van der Waals surface area (Å²) in [6, 6.07) is 7.24. The van der Waals surface area contributed by atoms with Crippen molar-refractivity contribution < 1.29 is 4.79 Å². The van der Waals surface area contributed by atoms with Crippen LogP contribution in [0.25, 0.3) is 10.9 Å². The zero-order valence-corrected chi connectivity index (χ0v) is 14.9. The van der Waals surface area contributed by atoms with Crippen molar-refractivity contribution in [3.05, 3.63) is 47.1 Å². The second-order valence-corrected chi connectivity index (χ2v) is 6.85. The van der Waals surface area contributed by atoms with Gasteiger partial charge in [-0.15, -0.1) is 0 Å². The summed E-state index contributed by atoms with van der Waals surface area (Å²) in [6.07, 6.45) is 4.88. The number of amides is 1. The van der Waals surface area contributed by atoms with E-state index in [2.05, 4.69) is 23.9 Å². The van der Waals surface area contributed by atoms with Crippen LogP contribution in [-0.4, -0.2) is 43.3 Å². The van der Waals surface area contributed by atoms with Crippen LogP contribution in [0.1, 0.15) is 12.8 Å². The summed E-state index contributed by atoms with van der Waals surface area (Å²) >= 11 is 1.20. The predicted molar refractivity (Wildman–Crippen MR) is 99.3 cm³/mol. The van der Waals surface area contributed by atoms with Gasteiger partial charge in [-0.3, -0.25) is 14.2 Å². The Hall–Kier alpha value is -2.81. The summed E-state index contributed by atoms with van der Waals surface area (Å²) in [4.78, 5) is 31.2. The molecule has 0 spiro atoms. The summed E-state index contributed by atoms with van der Waals surface area (Å²) in [5, 5.41) is 3.54. The van der Waals surface area contributed by atoms with Gasteiger partial charge in [-0.25, -0.2) is 4.98 Å². The van der Waals surface area contributed by atoms with Crippen LogP contribution in [0.3, 0.4) is 0 Å². The minimum Gasteiger partial charge on any atom is -0.354 e. The minimum atomic E-state index is -0.198.